The van der Waals surface area contributed by atoms with Gasteiger partial charge in [0, 0.05) is 35.5 Å². The monoisotopic (exact) mass is 452 g/mol. The van der Waals surface area contributed by atoms with Gasteiger partial charge in [0.1, 0.15) is 10.7 Å². The molecule has 7 nitrogen and oxygen atoms in total. The van der Waals surface area contributed by atoms with E-state index in [1.807, 2.05) is 36.8 Å². The van der Waals surface area contributed by atoms with Crippen LogP contribution in [0.3, 0.4) is 0 Å². The van der Waals surface area contributed by atoms with Gasteiger partial charge < -0.3 is 16.0 Å². The molecule has 1 aromatic carbocycles. The molecule has 3 aromatic heterocycles. The van der Waals surface area contributed by atoms with Crippen LogP contribution in [0.1, 0.15) is 34.9 Å². The number of benzene rings is 1. The molecule has 0 fully saturated rings. The van der Waals surface area contributed by atoms with Crippen LogP contribution in [0.2, 0.25) is 0 Å². The number of hydrogen-bond donors (Lipinski definition) is 3. The number of nitrogens with zero attached hydrogens (tertiary/aromatic N) is 3. The normalized spacial score (nSPS) is 11.1. The van der Waals surface area contributed by atoms with Crippen LogP contribution in [0, 0.1) is 6.92 Å². The Balaban J connectivity index is 1.60. The minimum absolute atomic E-state index is 0.176. The van der Waals surface area contributed by atoms with Crippen molar-refractivity contribution in [1.29, 1.82) is 0 Å². The van der Waals surface area contributed by atoms with Crippen molar-refractivity contribution in [3.8, 4) is 10.6 Å². The van der Waals surface area contributed by atoms with Crippen LogP contribution in [0.15, 0.2) is 36.0 Å². The number of aryl methyl sites for hydroxylation is 1. The lowest BCUT2D eigenvalue weighted by Gasteiger charge is -2.15. The number of fused-ring (bicyclic) bond motifs is 1. The highest BCUT2D eigenvalue weighted by Gasteiger charge is 2.18. The zero-order chi connectivity index (χ0) is 22.0. The third-order valence-electron chi connectivity index (χ3n) is 4.68. The van der Waals surface area contributed by atoms with E-state index in [0.717, 1.165) is 42.7 Å². The Hall–Kier alpha value is -3.04. The van der Waals surface area contributed by atoms with Gasteiger partial charge in [-0.15, -0.1) is 22.7 Å². The molecule has 1 amide bonds. The maximum atomic E-state index is 12.1. The second-order valence-electron chi connectivity index (χ2n) is 7.41. The maximum Gasteiger partial charge on any atom is 0.270 e. The van der Waals surface area contributed by atoms with E-state index >= 15 is 0 Å². The number of hydrogen-bond acceptors (Lipinski definition) is 8. The number of thiazole rings is 2. The molecule has 4 aromatic rings. The molecule has 0 spiro atoms. The smallest absolute Gasteiger partial charge is 0.270 e. The third-order valence-corrected chi connectivity index (χ3v) is 6.47. The van der Waals surface area contributed by atoms with Crippen molar-refractivity contribution in [2.45, 2.75) is 33.4 Å². The second-order valence-corrected chi connectivity index (χ2v) is 9.50. The Bertz CT molecular complexity index is 1230. The minimum Gasteiger partial charge on any atom is -0.382 e. The minimum atomic E-state index is -0.176. The van der Waals surface area contributed by atoms with E-state index in [4.69, 9.17) is 0 Å². The van der Waals surface area contributed by atoms with Crippen molar-refractivity contribution in [2.24, 2.45) is 0 Å². The lowest BCUT2D eigenvalue weighted by Crippen LogP contribution is -2.19. The van der Waals surface area contributed by atoms with E-state index in [0.29, 0.717) is 12.2 Å². The molecular formula is C22H24N6OS2. The standard InChI is InChI=1S/C22H24N6OS2/c1-12(2)27-18-7-15(9-24-14-5-6-17-19(8-14)30-11-26-17)25-10-16(18)22-28-20(13(3)31-22)21(29)23-4/h5-8,10-12,24H,9H2,1-4H3,(H,23,29)(H,25,27). The molecule has 4 rings (SSSR count). The zero-order valence-electron chi connectivity index (χ0n) is 17.8. The fourth-order valence-corrected chi connectivity index (χ4v) is 4.85. The van der Waals surface area contributed by atoms with Gasteiger partial charge in [-0.3, -0.25) is 9.78 Å². The molecule has 0 atom stereocenters. The topological polar surface area (TPSA) is 91.8 Å². The van der Waals surface area contributed by atoms with E-state index in [1.165, 1.54) is 11.3 Å². The summed E-state index contributed by atoms with van der Waals surface area (Å²) in [5, 5.41) is 10.4. The van der Waals surface area contributed by atoms with Crippen LogP contribution in [0.5, 0.6) is 0 Å². The molecule has 0 saturated carbocycles. The van der Waals surface area contributed by atoms with Gasteiger partial charge in [0.15, 0.2) is 0 Å². The van der Waals surface area contributed by atoms with Crippen LogP contribution >= 0.6 is 22.7 Å². The van der Waals surface area contributed by atoms with Gasteiger partial charge in [-0.1, -0.05) is 0 Å². The van der Waals surface area contributed by atoms with Crippen molar-refractivity contribution < 1.29 is 4.79 Å². The molecule has 3 N–H and O–H groups in total. The highest BCUT2D eigenvalue weighted by atomic mass is 32.1. The highest BCUT2D eigenvalue weighted by molar-refractivity contribution is 7.16. The summed E-state index contributed by atoms with van der Waals surface area (Å²) in [5.74, 6) is -0.176. The van der Waals surface area contributed by atoms with Crippen LogP contribution < -0.4 is 16.0 Å². The highest BCUT2D eigenvalue weighted by Crippen LogP contribution is 2.33. The quantitative estimate of drug-likeness (QED) is 0.369. The first-order valence-corrected chi connectivity index (χ1v) is 11.7. The van der Waals surface area contributed by atoms with Crippen molar-refractivity contribution in [2.75, 3.05) is 17.7 Å². The summed E-state index contributed by atoms with van der Waals surface area (Å²) >= 11 is 3.13. The summed E-state index contributed by atoms with van der Waals surface area (Å²) in [4.78, 5) is 26.5. The molecule has 9 heteroatoms. The molecule has 3 heterocycles. The molecule has 160 valence electrons. The number of anilines is 2. The first kappa shape index (κ1) is 21.2. The van der Waals surface area contributed by atoms with Crippen molar-refractivity contribution in [1.82, 2.24) is 20.3 Å². The first-order valence-electron chi connectivity index (χ1n) is 9.97. The van der Waals surface area contributed by atoms with Gasteiger partial charge in [0.25, 0.3) is 5.91 Å². The van der Waals surface area contributed by atoms with Gasteiger partial charge >= 0.3 is 0 Å². The molecule has 0 aliphatic carbocycles. The average Bonchev–Trinajstić information content (AvgIpc) is 3.37. The number of carbonyl (C=O) groups excluding carboxylic acids is 1. The lowest BCUT2D eigenvalue weighted by atomic mass is 10.2. The predicted molar refractivity (Wildman–Crippen MR) is 129 cm³/mol. The summed E-state index contributed by atoms with van der Waals surface area (Å²) < 4.78 is 1.15. The van der Waals surface area contributed by atoms with Crippen LogP contribution in [-0.2, 0) is 6.54 Å². The Morgan fingerprint density at radius 1 is 1.19 bits per heavy atom. The van der Waals surface area contributed by atoms with E-state index in [1.54, 1.807) is 18.4 Å². The summed E-state index contributed by atoms with van der Waals surface area (Å²) in [5.41, 5.74) is 7.12. The Morgan fingerprint density at radius 2 is 2.03 bits per heavy atom. The third kappa shape index (κ3) is 4.67. The molecule has 31 heavy (non-hydrogen) atoms. The van der Waals surface area contributed by atoms with Gasteiger partial charge in [-0.2, -0.15) is 0 Å². The molecule has 0 aliphatic heterocycles. The van der Waals surface area contributed by atoms with Crippen molar-refractivity contribution in [3.63, 3.8) is 0 Å². The number of rotatable bonds is 7. The van der Waals surface area contributed by atoms with E-state index in [-0.39, 0.29) is 11.9 Å². The van der Waals surface area contributed by atoms with E-state index in [9.17, 15) is 4.79 Å². The van der Waals surface area contributed by atoms with Gasteiger partial charge in [0.05, 0.1) is 33.5 Å². The Kier molecular flexibility index (Phi) is 6.15. The largest absolute Gasteiger partial charge is 0.382 e. The number of aromatic nitrogens is 3. The lowest BCUT2D eigenvalue weighted by molar-refractivity contribution is 0.0958. The van der Waals surface area contributed by atoms with Crippen LogP contribution in [0.25, 0.3) is 20.8 Å². The second kappa shape index (κ2) is 8.99. The number of amides is 1. The predicted octanol–water partition coefficient (Wildman–Crippen LogP) is 4.92. The van der Waals surface area contributed by atoms with Crippen molar-refractivity contribution in [3.05, 3.63) is 52.2 Å². The number of pyridine rings is 1. The summed E-state index contributed by atoms with van der Waals surface area (Å²) in [6, 6.07) is 8.44. The van der Waals surface area contributed by atoms with Crippen LogP contribution in [0.4, 0.5) is 11.4 Å². The summed E-state index contributed by atoms with van der Waals surface area (Å²) in [6.07, 6.45) is 1.83. The molecular weight excluding hydrogens is 428 g/mol. The fraction of sp³-hybridized carbons (Fsp3) is 0.273. The first-order chi connectivity index (χ1) is 14.9. The summed E-state index contributed by atoms with van der Waals surface area (Å²) in [7, 11) is 1.61. The molecule has 0 bridgehead atoms. The van der Waals surface area contributed by atoms with Crippen molar-refractivity contribution >= 4 is 50.2 Å². The maximum absolute atomic E-state index is 12.1. The SMILES string of the molecule is CNC(=O)c1nc(-c2cnc(CNc3ccc4ncsc4c3)cc2NC(C)C)sc1C. The Labute approximate surface area is 189 Å². The fourth-order valence-electron chi connectivity index (χ4n) is 3.19. The van der Waals surface area contributed by atoms with Crippen LogP contribution in [-0.4, -0.2) is 33.9 Å². The van der Waals surface area contributed by atoms with Gasteiger partial charge in [-0.25, -0.2) is 9.97 Å². The molecule has 0 aliphatic rings. The molecule has 0 unspecified atom stereocenters. The van der Waals surface area contributed by atoms with Gasteiger partial charge in [0.2, 0.25) is 0 Å². The number of nitrogens with one attached hydrogen (secondary N) is 3. The summed E-state index contributed by atoms with van der Waals surface area (Å²) in [6.45, 7) is 6.69. The molecule has 0 radical (unpaired) electrons. The number of carbonyl (C=O) groups is 1. The Morgan fingerprint density at radius 3 is 2.81 bits per heavy atom. The van der Waals surface area contributed by atoms with E-state index < -0.39 is 0 Å². The zero-order valence-corrected chi connectivity index (χ0v) is 19.4. The molecule has 0 saturated heterocycles. The van der Waals surface area contributed by atoms with Gasteiger partial charge in [-0.05, 0) is 45.0 Å². The van der Waals surface area contributed by atoms with E-state index in [2.05, 4.69) is 50.8 Å². The average molecular weight is 453 g/mol.